The molecule has 33 heavy (non-hydrogen) atoms. The van der Waals surface area contributed by atoms with Crippen molar-refractivity contribution < 1.29 is 23.8 Å². The van der Waals surface area contributed by atoms with Crippen molar-refractivity contribution in [1.82, 2.24) is 0 Å². The number of esters is 2. The van der Waals surface area contributed by atoms with Gasteiger partial charge in [0.1, 0.15) is 0 Å². The van der Waals surface area contributed by atoms with E-state index < -0.39 is 11.9 Å². The number of nitrogens with zero attached hydrogens (tertiary/aromatic N) is 1. The van der Waals surface area contributed by atoms with Crippen LogP contribution in [-0.4, -0.2) is 24.9 Å². The fourth-order valence-electron chi connectivity index (χ4n) is 3.37. The molecule has 7 heteroatoms. The molecule has 4 rings (SSSR count). The predicted molar refractivity (Wildman–Crippen MR) is 134 cm³/mol. The zero-order chi connectivity index (χ0) is 23.5. The molecule has 1 aliphatic heterocycles. The molecule has 0 atom stereocenters. The lowest BCUT2D eigenvalue weighted by atomic mass is 10.1. The lowest BCUT2D eigenvalue weighted by Crippen LogP contribution is -2.11. The summed E-state index contributed by atoms with van der Waals surface area (Å²) in [6.45, 7) is 3.78. The van der Waals surface area contributed by atoms with Crippen LogP contribution >= 0.6 is 22.6 Å². The van der Waals surface area contributed by atoms with Crippen molar-refractivity contribution in [3.63, 3.8) is 0 Å². The average molecular weight is 553 g/mol. The Bertz CT molecular complexity index is 1330. The first kappa shape index (κ1) is 22.7. The Labute approximate surface area is 205 Å². The smallest absolute Gasteiger partial charge is 0.363 e. The highest BCUT2D eigenvalue weighted by Gasteiger charge is 2.25. The van der Waals surface area contributed by atoms with Gasteiger partial charge in [-0.05, 0) is 83.5 Å². The summed E-state index contributed by atoms with van der Waals surface area (Å²) in [6, 6.07) is 18.2. The third-order valence-corrected chi connectivity index (χ3v) is 5.91. The number of hydrogen-bond acceptors (Lipinski definition) is 6. The Morgan fingerprint density at radius 3 is 2.42 bits per heavy atom. The van der Waals surface area contributed by atoms with Crippen LogP contribution in [0.15, 0.2) is 71.4 Å². The van der Waals surface area contributed by atoms with Gasteiger partial charge in [0.25, 0.3) is 0 Å². The number of aliphatic imine (C=N–C) groups is 1. The summed E-state index contributed by atoms with van der Waals surface area (Å²) in [5, 5.41) is 0. The Morgan fingerprint density at radius 1 is 1.03 bits per heavy atom. The maximum atomic E-state index is 12.7. The van der Waals surface area contributed by atoms with Gasteiger partial charge in [0, 0.05) is 5.56 Å². The molecule has 0 aromatic heterocycles. The summed E-state index contributed by atoms with van der Waals surface area (Å²) in [6.07, 6.45) is 1.62. The summed E-state index contributed by atoms with van der Waals surface area (Å²) in [5.41, 5.74) is 3.86. The van der Waals surface area contributed by atoms with Crippen LogP contribution in [0.2, 0.25) is 0 Å². The SMILES string of the molecule is COc1cc(/C=C2\N=C(c3ccccc3C)OC2=O)cc(I)c1OC(=O)c1ccccc1C. The summed E-state index contributed by atoms with van der Waals surface area (Å²) in [4.78, 5) is 29.5. The molecule has 6 nitrogen and oxygen atoms in total. The maximum absolute atomic E-state index is 12.7. The van der Waals surface area contributed by atoms with E-state index in [1.54, 1.807) is 30.3 Å². The molecule has 166 valence electrons. The van der Waals surface area contributed by atoms with Crippen LogP contribution < -0.4 is 9.47 Å². The van der Waals surface area contributed by atoms with Crippen LogP contribution in [0.3, 0.4) is 0 Å². The van der Waals surface area contributed by atoms with E-state index >= 15 is 0 Å². The van der Waals surface area contributed by atoms with Gasteiger partial charge in [-0.15, -0.1) is 0 Å². The van der Waals surface area contributed by atoms with Gasteiger partial charge in [0.2, 0.25) is 5.90 Å². The van der Waals surface area contributed by atoms with E-state index in [4.69, 9.17) is 14.2 Å². The molecule has 0 unspecified atom stereocenters. The highest BCUT2D eigenvalue weighted by molar-refractivity contribution is 14.1. The molecule has 3 aromatic carbocycles. The quantitative estimate of drug-likeness (QED) is 0.181. The van der Waals surface area contributed by atoms with Crippen LogP contribution in [0.4, 0.5) is 0 Å². The number of hydrogen-bond donors (Lipinski definition) is 0. The normalized spacial score (nSPS) is 14.1. The zero-order valence-corrected chi connectivity index (χ0v) is 20.4. The summed E-state index contributed by atoms with van der Waals surface area (Å²) < 4.78 is 17.2. The molecule has 0 N–H and O–H groups in total. The third kappa shape index (κ3) is 4.83. The zero-order valence-electron chi connectivity index (χ0n) is 18.2. The number of methoxy groups -OCH3 is 1. The molecule has 0 saturated carbocycles. The summed E-state index contributed by atoms with van der Waals surface area (Å²) in [5.74, 6) is -0.0499. The second kappa shape index (κ2) is 9.58. The van der Waals surface area contributed by atoms with Crippen LogP contribution in [0.5, 0.6) is 11.5 Å². The minimum atomic E-state index is -0.530. The number of carbonyl (C=O) groups is 2. The van der Waals surface area contributed by atoms with Crippen molar-refractivity contribution >= 4 is 46.5 Å². The minimum absolute atomic E-state index is 0.177. The van der Waals surface area contributed by atoms with Crippen LogP contribution in [-0.2, 0) is 9.53 Å². The Morgan fingerprint density at radius 2 is 1.73 bits per heavy atom. The second-order valence-electron chi connectivity index (χ2n) is 7.39. The van der Waals surface area contributed by atoms with Crippen molar-refractivity contribution in [3.8, 4) is 11.5 Å². The summed E-state index contributed by atoms with van der Waals surface area (Å²) in [7, 11) is 1.49. The van der Waals surface area contributed by atoms with E-state index in [9.17, 15) is 9.59 Å². The number of halogens is 1. The second-order valence-corrected chi connectivity index (χ2v) is 8.55. The van der Waals surface area contributed by atoms with Crippen LogP contribution in [0.25, 0.3) is 6.08 Å². The summed E-state index contributed by atoms with van der Waals surface area (Å²) >= 11 is 2.07. The van der Waals surface area contributed by atoms with Crippen molar-refractivity contribution in [2.45, 2.75) is 13.8 Å². The first-order chi connectivity index (χ1) is 15.9. The highest BCUT2D eigenvalue weighted by atomic mass is 127. The van der Waals surface area contributed by atoms with Crippen LogP contribution in [0.1, 0.15) is 32.6 Å². The van der Waals surface area contributed by atoms with Crippen molar-refractivity contribution in [1.29, 1.82) is 0 Å². The number of cyclic esters (lactones) is 1. The molecular weight excluding hydrogens is 533 g/mol. The highest BCUT2D eigenvalue weighted by Crippen LogP contribution is 2.36. The van der Waals surface area contributed by atoms with Gasteiger partial charge in [-0.3, -0.25) is 0 Å². The van der Waals surface area contributed by atoms with E-state index in [1.165, 1.54) is 7.11 Å². The first-order valence-electron chi connectivity index (χ1n) is 10.1. The molecule has 0 amide bonds. The molecule has 1 aliphatic rings. The topological polar surface area (TPSA) is 74.2 Å². The molecule has 1 heterocycles. The number of ether oxygens (including phenoxy) is 3. The number of carbonyl (C=O) groups excluding carboxylic acids is 2. The maximum Gasteiger partial charge on any atom is 0.363 e. The van der Waals surface area contributed by atoms with E-state index in [1.807, 2.05) is 50.2 Å². The fraction of sp³-hybridized carbons (Fsp3) is 0.115. The Balaban J connectivity index is 1.65. The number of aryl methyl sites for hydroxylation is 2. The number of rotatable bonds is 5. The first-order valence-corrected chi connectivity index (χ1v) is 11.2. The largest absolute Gasteiger partial charge is 0.493 e. The predicted octanol–water partition coefficient (Wildman–Crippen LogP) is 5.48. The minimum Gasteiger partial charge on any atom is -0.493 e. The molecule has 0 spiro atoms. The van der Waals surface area contributed by atoms with Gasteiger partial charge in [-0.1, -0.05) is 36.4 Å². The van der Waals surface area contributed by atoms with Gasteiger partial charge >= 0.3 is 11.9 Å². The van der Waals surface area contributed by atoms with E-state index in [0.717, 1.165) is 16.7 Å². The van der Waals surface area contributed by atoms with Crippen molar-refractivity contribution in [3.05, 3.63) is 97.7 Å². The Hall–Kier alpha value is -3.46. The molecule has 0 radical (unpaired) electrons. The lowest BCUT2D eigenvalue weighted by Gasteiger charge is -2.13. The van der Waals surface area contributed by atoms with Gasteiger partial charge < -0.3 is 14.2 Å². The molecule has 0 saturated heterocycles. The average Bonchev–Trinajstić information content (AvgIpc) is 3.15. The van der Waals surface area contributed by atoms with Gasteiger partial charge in [-0.2, -0.15) is 0 Å². The van der Waals surface area contributed by atoms with E-state index in [2.05, 4.69) is 27.6 Å². The molecule has 3 aromatic rings. The number of benzene rings is 3. The van der Waals surface area contributed by atoms with Gasteiger partial charge in [-0.25, -0.2) is 14.6 Å². The molecule has 0 aliphatic carbocycles. The van der Waals surface area contributed by atoms with E-state index in [0.29, 0.717) is 26.2 Å². The molecular formula is C26H20INO5. The Kier molecular flexibility index (Phi) is 6.60. The van der Waals surface area contributed by atoms with Crippen LogP contribution in [0, 0.1) is 17.4 Å². The monoisotopic (exact) mass is 553 g/mol. The molecule has 0 fully saturated rings. The molecule has 0 bridgehead atoms. The standard InChI is InChI=1S/C26H20INO5/c1-15-8-4-6-10-18(15)24-28-21(26(30)33-24)13-17-12-20(27)23(22(14-17)31-3)32-25(29)19-11-7-5-9-16(19)2/h4-14H,1-3H3/b21-13-. The van der Waals surface area contributed by atoms with Gasteiger partial charge in [0.15, 0.2) is 17.2 Å². The van der Waals surface area contributed by atoms with Crippen molar-refractivity contribution in [2.75, 3.05) is 7.11 Å². The van der Waals surface area contributed by atoms with Crippen molar-refractivity contribution in [2.24, 2.45) is 4.99 Å². The third-order valence-electron chi connectivity index (χ3n) is 5.11. The lowest BCUT2D eigenvalue weighted by molar-refractivity contribution is -0.129. The van der Waals surface area contributed by atoms with E-state index in [-0.39, 0.29) is 11.6 Å². The van der Waals surface area contributed by atoms with Gasteiger partial charge in [0.05, 0.1) is 16.2 Å². The fourth-order valence-corrected chi connectivity index (χ4v) is 4.10.